The molecule has 1 amide bonds. The first-order chi connectivity index (χ1) is 9.70. The molecule has 2 rings (SSSR count). The second-order valence-electron chi connectivity index (χ2n) is 4.72. The maximum Gasteiger partial charge on any atom is 0.310 e. The summed E-state index contributed by atoms with van der Waals surface area (Å²) < 4.78 is 10.1. The second-order valence-corrected chi connectivity index (χ2v) is 4.72. The number of furan rings is 1. The van der Waals surface area contributed by atoms with Crippen LogP contribution in [-0.2, 0) is 14.3 Å². The summed E-state index contributed by atoms with van der Waals surface area (Å²) >= 11 is 0. The molecule has 1 aromatic rings. The van der Waals surface area contributed by atoms with Gasteiger partial charge in [-0.25, -0.2) is 0 Å². The summed E-state index contributed by atoms with van der Waals surface area (Å²) in [5, 5.41) is 0. The standard InChI is InChI=1S/C15H19NO4/c1-2-19-15(18)12-5-3-9-16(11-12)14(17)8-7-13-6-4-10-20-13/h4,6-8,10,12H,2-3,5,9,11H2,1H3. The van der Waals surface area contributed by atoms with Crippen LogP contribution in [0.15, 0.2) is 28.9 Å². The predicted molar refractivity (Wildman–Crippen MR) is 73.7 cm³/mol. The van der Waals surface area contributed by atoms with Crippen molar-refractivity contribution in [3.05, 3.63) is 30.2 Å². The van der Waals surface area contributed by atoms with Crippen LogP contribution in [0.3, 0.4) is 0 Å². The summed E-state index contributed by atoms with van der Waals surface area (Å²) in [5.74, 6) is 0.123. The first kappa shape index (κ1) is 14.4. The summed E-state index contributed by atoms with van der Waals surface area (Å²) in [6, 6.07) is 3.54. The molecule has 0 aromatic carbocycles. The van der Waals surface area contributed by atoms with E-state index in [1.807, 2.05) is 0 Å². The monoisotopic (exact) mass is 277 g/mol. The summed E-state index contributed by atoms with van der Waals surface area (Å²) in [6.45, 7) is 3.27. The van der Waals surface area contributed by atoms with Gasteiger partial charge in [-0.3, -0.25) is 9.59 Å². The Morgan fingerprint density at radius 2 is 2.40 bits per heavy atom. The molecule has 1 aromatic heterocycles. The van der Waals surface area contributed by atoms with Crippen LogP contribution in [-0.4, -0.2) is 36.5 Å². The lowest BCUT2D eigenvalue weighted by Gasteiger charge is -2.30. The molecule has 108 valence electrons. The Morgan fingerprint density at radius 1 is 1.55 bits per heavy atom. The van der Waals surface area contributed by atoms with Crippen LogP contribution in [0.25, 0.3) is 6.08 Å². The van der Waals surface area contributed by atoms with Crippen LogP contribution in [0.4, 0.5) is 0 Å². The van der Waals surface area contributed by atoms with Gasteiger partial charge in [0.05, 0.1) is 18.8 Å². The maximum absolute atomic E-state index is 12.1. The molecule has 2 heterocycles. The van der Waals surface area contributed by atoms with Gasteiger partial charge in [-0.2, -0.15) is 0 Å². The first-order valence-corrected chi connectivity index (χ1v) is 6.88. The molecular weight excluding hydrogens is 258 g/mol. The van der Waals surface area contributed by atoms with E-state index in [9.17, 15) is 9.59 Å². The lowest BCUT2D eigenvalue weighted by molar-refractivity contribution is -0.150. The molecule has 0 spiro atoms. The summed E-state index contributed by atoms with van der Waals surface area (Å²) in [4.78, 5) is 25.5. The van der Waals surface area contributed by atoms with E-state index in [0.717, 1.165) is 12.8 Å². The normalized spacial score (nSPS) is 19.2. The lowest BCUT2D eigenvalue weighted by atomic mass is 9.98. The van der Waals surface area contributed by atoms with E-state index in [1.165, 1.54) is 6.08 Å². The van der Waals surface area contributed by atoms with Crippen molar-refractivity contribution in [2.24, 2.45) is 5.92 Å². The van der Waals surface area contributed by atoms with Gasteiger partial charge in [-0.15, -0.1) is 0 Å². The van der Waals surface area contributed by atoms with Gasteiger partial charge in [0.2, 0.25) is 5.91 Å². The fraction of sp³-hybridized carbons (Fsp3) is 0.467. The SMILES string of the molecule is CCOC(=O)C1CCCN(C(=O)C=Cc2ccco2)C1. The molecule has 20 heavy (non-hydrogen) atoms. The quantitative estimate of drug-likeness (QED) is 0.624. The van der Waals surface area contributed by atoms with Crippen molar-refractivity contribution in [3.8, 4) is 0 Å². The zero-order valence-electron chi connectivity index (χ0n) is 11.6. The average molecular weight is 277 g/mol. The zero-order valence-corrected chi connectivity index (χ0v) is 11.6. The summed E-state index contributed by atoms with van der Waals surface area (Å²) in [7, 11) is 0. The number of hydrogen-bond acceptors (Lipinski definition) is 4. The van der Waals surface area contributed by atoms with Crippen molar-refractivity contribution in [2.75, 3.05) is 19.7 Å². The Labute approximate surface area is 118 Å². The minimum Gasteiger partial charge on any atom is -0.466 e. The molecule has 1 aliphatic rings. The summed E-state index contributed by atoms with van der Waals surface area (Å²) in [5.41, 5.74) is 0. The predicted octanol–water partition coefficient (Wildman–Crippen LogP) is 2.09. The number of nitrogens with zero attached hydrogens (tertiary/aromatic N) is 1. The molecule has 1 unspecified atom stereocenters. The second kappa shape index (κ2) is 6.93. The van der Waals surface area contributed by atoms with Crippen molar-refractivity contribution in [2.45, 2.75) is 19.8 Å². The van der Waals surface area contributed by atoms with E-state index in [1.54, 1.807) is 36.3 Å². The van der Waals surface area contributed by atoms with Crippen molar-refractivity contribution in [3.63, 3.8) is 0 Å². The Bertz CT molecular complexity index is 478. The van der Waals surface area contributed by atoms with Gasteiger partial charge < -0.3 is 14.1 Å². The van der Waals surface area contributed by atoms with Gasteiger partial charge >= 0.3 is 5.97 Å². The van der Waals surface area contributed by atoms with E-state index in [2.05, 4.69) is 0 Å². The number of amides is 1. The topological polar surface area (TPSA) is 59.8 Å². The number of carbonyl (C=O) groups excluding carboxylic acids is 2. The minimum absolute atomic E-state index is 0.101. The highest BCUT2D eigenvalue weighted by Crippen LogP contribution is 2.18. The van der Waals surface area contributed by atoms with Crippen LogP contribution in [0, 0.1) is 5.92 Å². The molecule has 5 nitrogen and oxygen atoms in total. The fourth-order valence-corrected chi connectivity index (χ4v) is 2.27. The molecule has 1 fully saturated rings. The van der Waals surface area contributed by atoms with Crippen molar-refractivity contribution < 1.29 is 18.7 Å². The highest BCUT2D eigenvalue weighted by atomic mass is 16.5. The van der Waals surface area contributed by atoms with E-state index < -0.39 is 0 Å². The van der Waals surface area contributed by atoms with Gasteiger partial charge in [-0.05, 0) is 38.0 Å². The molecule has 0 bridgehead atoms. The number of ether oxygens (including phenoxy) is 1. The number of carbonyl (C=O) groups is 2. The summed E-state index contributed by atoms with van der Waals surface area (Å²) in [6.07, 6.45) is 6.28. The fourth-order valence-electron chi connectivity index (χ4n) is 2.27. The van der Waals surface area contributed by atoms with Gasteiger partial charge in [0.25, 0.3) is 0 Å². The third-order valence-corrected chi connectivity index (χ3v) is 3.29. The van der Waals surface area contributed by atoms with Gasteiger partial charge in [0.1, 0.15) is 5.76 Å². The molecule has 1 saturated heterocycles. The molecule has 0 saturated carbocycles. The van der Waals surface area contributed by atoms with Crippen LogP contribution in [0.5, 0.6) is 0 Å². The third-order valence-electron chi connectivity index (χ3n) is 3.29. The molecule has 1 aliphatic heterocycles. The average Bonchev–Trinajstić information content (AvgIpc) is 2.98. The number of likely N-dealkylation sites (tertiary alicyclic amines) is 1. The third kappa shape index (κ3) is 3.73. The number of hydrogen-bond donors (Lipinski definition) is 0. The zero-order chi connectivity index (χ0) is 14.4. The molecule has 5 heteroatoms. The van der Waals surface area contributed by atoms with Crippen molar-refractivity contribution in [1.82, 2.24) is 4.90 Å². The van der Waals surface area contributed by atoms with E-state index in [4.69, 9.17) is 9.15 Å². The van der Waals surface area contributed by atoms with Crippen LogP contribution in [0.1, 0.15) is 25.5 Å². The van der Waals surface area contributed by atoms with Gasteiger partial charge in [-0.1, -0.05) is 0 Å². The maximum atomic E-state index is 12.1. The molecule has 0 radical (unpaired) electrons. The highest BCUT2D eigenvalue weighted by Gasteiger charge is 2.28. The Morgan fingerprint density at radius 3 is 3.10 bits per heavy atom. The first-order valence-electron chi connectivity index (χ1n) is 6.88. The molecular formula is C15H19NO4. The number of rotatable bonds is 4. The van der Waals surface area contributed by atoms with Crippen LogP contribution < -0.4 is 0 Å². The van der Waals surface area contributed by atoms with Crippen molar-refractivity contribution in [1.29, 1.82) is 0 Å². The van der Waals surface area contributed by atoms with Crippen LogP contribution >= 0.6 is 0 Å². The number of esters is 1. The molecule has 0 N–H and O–H groups in total. The molecule has 1 atom stereocenters. The van der Waals surface area contributed by atoms with E-state index in [0.29, 0.717) is 25.5 Å². The highest BCUT2D eigenvalue weighted by molar-refractivity contribution is 5.91. The van der Waals surface area contributed by atoms with Crippen LogP contribution in [0.2, 0.25) is 0 Å². The number of piperidine rings is 1. The Kier molecular flexibility index (Phi) is 4.98. The van der Waals surface area contributed by atoms with Gasteiger partial charge in [0, 0.05) is 19.2 Å². The Balaban J connectivity index is 1.91. The van der Waals surface area contributed by atoms with Crippen molar-refractivity contribution >= 4 is 18.0 Å². The lowest BCUT2D eigenvalue weighted by Crippen LogP contribution is -2.42. The van der Waals surface area contributed by atoms with Gasteiger partial charge in [0.15, 0.2) is 0 Å². The van der Waals surface area contributed by atoms with E-state index >= 15 is 0 Å². The van der Waals surface area contributed by atoms with E-state index in [-0.39, 0.29) is 17.8 Å². The Hall–Kier alpha value is -2.04. The largest absolute Gasteiger partial charge is 0.466 e. The minimum atomic E-state index is -0.208. The smallest absolute Gasteiger partial charge is 0.310 e. The molecule has 0 aliphatic carbocycles.